The molecule has 1 heterocycles. The Morgan fingerprint density at radius 2 is 2.12 bits per heavy atom. The van der Waals surface area contributed by atoms with Crippen LogP contribution in [0.2, 0.25) is 0 Å². The number of rotatable bonds is 2. The highest BCUT2D eigenvalue weighted by atomic mass is 32.1. The smallest absolute Gasteiger partial charge is 0.203 e. The molecule has 1 aliphatic carbocycles. The second-order valence-electron chi connectivity index (χ2n) is 4.08. The van der Waals surface area contributed by atoms with E-state index in [0.717, 1.165) is 23.4 Å². The van der Waals surface area contributed by atoms with Gasteiger partial charge in [-0.05, 0) is 30.5 Å². The van der Waals surface area contributed by atoms with Gasteiger partial charge in [0.25, 0.3) is 0 Å². The summed E-state index contributed by atoms with van der Waals surface area (Å²) in [5, 5.41) is 18.9. The molecule has 0 saturated heterocycles. The van der Waals surface area contributed by atoms with Crippen LogP contribution in [0.5, 0.6) is 5.75 Å². The molecule has 82 valence electrons. The molecule has 3 N–H and O–H groups in total. The third kappa shape index (κ3) is 1.36. The zero-order chi connectivity index (χ0) is 11.2. The molecule has 3 rings (SSSR count). The molecule has 4 nitrogen and oxygen atoms in total. The summed E-state index contributed by atoms with van der Waals surface area (Å²) in [4.78, 5) is 0. The average Bonchev–Trinajstić information content (AvgIpc) is 2.97. The van der Waals surface area contributed by atoms with Gasteiger partial charge in [-0.25, -0.2) is 0 Å². The summed E-state index contributed by atoms with van der Waals surface area (Å²) < 4.78 is 0. The summed E-state index contributed by atoms with van der Waals surface area (Å²) in [7, 11) is 0. The van der Waals surface area contributed by atoms with Crippen LogP contribution in [0.4, 0.5) is 5.13 Å². The number of benzene rings is 1. The van der Waals surface area contributed by atoms with E-state index in [1.165, 1.54) is 11.3 Å². The topological polar surface area (TPSA) is 72.0 Å². The predicted octanol–water partition coefficient (Wildman–Crippen LogP) is 1.91. The molecule has 1 aliphatic rings. The van der Waals surface area contributed by atoms with Gasteiger partial charge in [0, 0.05) is 5.41 Å². The number of aromatic hydroxyl groups is 1. The fourth-order valence-electron chi connectivity index (χ4n) is 1.98. The molecule has 0 bridgehead atoms. The van der Waals surface area contributed by atoms with Crippen LogP contribution in [0.3, 0.4) is 0 Å². The molecule has 0 atom stereocenters. The van der Waals surface area contributed by atoms with E-state index in [0.29, 0.717) is 10.9 Å². The van der Waals surface area contributed by atoms with E-state index in [-0.39, 0.29) is 5.41 Å². The van der Waals surface area contributed by atoms with Crippen LogP contribution < -0.4 is 5.73 Å². The minimum atomic E-state index is -0.0476. The Hall–Kier alpha value is -1.62. The first-order valence-electron chi connectivity index (χ1n) is 5.10. The van der Waals surface area contributed by atoms with Gasteiger partial charge in [0.2, 0.25) is 5.13 Å². The molecule has 2 aromatic rings. The van der Waals surface area contributed by atoms with E-state index in [9.17, 15) is 5.11 Å². The molecule has 0 amide bonds. The van der Waals surface area contributed by atoms with Crippen molar-refractivity contribution in [3.05, 3.63) is 34.8 Å². The number of hydrogen-bond donors (Lipinski definition) is 2. The third-order valence-corrected chi connectivity index (χ3v) is 3.96. The Balaban J connectivity index is 2.06. The van der Waals surface area contributed by atoms with Crippen LogP contribution in [-0.2, 0) is 5.41 Å². The van der Waals surface area contributed by atoms with Crippen molar-refractivity contribution in [1.29, 1.82) is 0 Å². The van der Waals surface area contributed by atoms with Crippen molar-refractivity contribution in [3.63, 3.8) is 0 Å². The second kappa shape index (κ2) is 3.18. The fraction of sp³-hybridized carbons (Fsp3) is 0.273. The summed E-state index contributed by atoms with van der Waals surface area (Å²) in [6.07, 6.45) is 2.09. The lowest BCUT2D eigenvalue weighted by Gasteiger charge is -2.11. The molecule has 1 aromatic heterocycles. The van der Waals surface area contributed by atoms with Crippen LogP contribution in [-0.4, -0.2) is 15.3 Å². The van der Waals surface area contributed by atoms with Crippen LogP contribution >= 0.6 is 11.3 Å². The summed E-state index contributed by atoms with van der Waals surface area (Å²) in [5.41, 5.74) is 6.66. The highest BCUT2D eigenvalue weighted by molar-refractivity contribution is 7.15. The number of nitrogens with two attached hydrogens (primary N) is 1. The minimum absolute atomic E-state index is 0.0476. The summed E-state index contributed by atoms with van der Waals surface area (Å²) >= 11 is 1.43. The Morgan fingerprint density at radius 1 is 1.31 bits per heavy atom. The lowest BCUT2D eigenvalue weighted by atomic mass is 9.97. The molecule has 1 saturated carbocycles. The summed E-state index contributed by atoms with van der Waals surface area (Å²) in [6.45, 7) is 0. The van der Waals surface area contributed by atoms with E-state index in [1.807, 2.05) is 12.1 Å². The van der Waals surface area contributed by atoms with Gasteiger partial charge in [-0.1, -0.05) is 23.5 Å². The maximum absolute atomic E-state index is 9.50. The van der Waals surface area contributed by atoms with Crippen LogP contribution in [0.15, 0.2) is 24.3 Å². The van der Waals surface area contributed by atoms with Crippen molar-refractivity contribution in [1.82, 2.24) is 10.2 Å². The van der Waals surface area contributed by atoms with Crippen molar-refractivity contribution >= 4 is 16.5 Å². The molecule has 0 radical (unpaired) electrons. The van der Waals surface area contributed by atoms with Gasteiger partial charge in [-0.2, -0.15) is 0 Å². The number of anilines is 1. The first-order valence-corrected chi connectivity index (χ1v) is 5.91. The van der Waals surface area contributed by atoms with Crippen LogP contribution in [0.1, 0.15) is 23.4 Å². The van der Waals surface area contributed by atoms with Crippen molar-refractivity contribution in [3.8, 4) is 5.75 Å². The maximum Gasteiger partial charge on any atom is 0.203 e. The Bertz CT molecular complexity index is 534. The average molecular weight is 233 g/mol. The lowest BCUT2D eigenvalue weighted by Crippen LogP contribution is -2.07. The summed E-state index contributed by atoms with van der Waals surface area (Å²) in [6, 6.07) is 7.35. The second-order valence-corrected chi connectivity index (χ2v) is 5.09. The number of aromatic nitrogens is 2. The Morgan fingerprint density at radius 3 is 2.69 bits per heavy atom. The zero-order valence-electron chi connectivity index (χ0n) is 8.55. The quantitative estimate of drug-likeness (QED) is 0.831. The first kappa shape index (κ1) is 9.59. The largest absolute Gasteiger partial charge is 0.508 e. The van der Waals surface area contributed by atoms with E-state index in [1.54, 1.807) is 12.1 Å². The Kier molecular flexibility index (Phi) is 1.91. The van der Waals surface area contributed by atoms with E-state index in [2.05, 4.69) is 10.2 Å². The van der Waals surface area contributed by atoms with Crippen molar-refractivity contribution in [2.45, 2.75) is 18.3 Å². The molecule has 16 heavy (non-hydrogen) atoms. The standard InChI is InChI=1S/C11H11N3OS/c12-10-14-13-9(16-10)11(4-5-11)7-2-1-3-8(15)6-7/h1-3,6,15H,4-5H2,(H2,12,14). The molecule has 0 unspecified atom stereocenters. The lowest BCUT2D eigenvalue weighted by molar-refractivity contribution is 0.474. The maximum atomic E-state index is 9.50. The van der Waals surface area contributed by atoms with Crippen molar-refractivity contribution in [2.24, 2.45) is 0 Å². The molecule has 0 spiro atoms. The minimum Gasteiger partial charge on any atom is -0.508 e. The fourth-order valence-corrected chi connectivity index (χ4v) is 2.86. The number of nitrogens with zero attached hydrogens (tertiary/aromatic N) is 2. The van der Waals surface area contributed by atoms with Gasteiger partial charge >= 0.3 is 0 Å². The van der Waals surface area contributed by atoms with E-state index >= 15 is 0 Å². The van der Waals surface area contributed by atoms with Gasteiger partial charge in [-0.15, -0.1) is 10.2 Å². The number of hydrogen-bond acceptors (Lipinski definition) is 5. The van der Waals surface area contributed by atoms with Gasteiger partial charge < -0.3 is 10.8 Å². The normalized spacial score (nSPS) is 17.2. The highest BCUT2D eigenvalue weighted by Crippen LogP contribution is 2.54. The molecular weight excluding hydrogens is 222 g/mol. The van der Waals surface area contributed by atoms with Crippen LogP contribution in [0, 0.1) is 0 Å². The molecule has 5 heteroatoms. The van der Waals surface area contributed by atoms with E-state index < -0.39 is 0 Å². The van der Waals surface area contributed by atoms with Gasteiger partial charge in [-0.3, -0.25) is 0 Å². The number of phenols is 1. The SMILES string of the molecule is Nc1nnc(C2(c3cccc(O)c3)CC2)s1. The van der Waals surface area contributed by atoms with Gasteiger partial charge in [0.15, 0.2) is 0 Å². The summed E-state index contributed by atoms with van der Waals surface area (Å²) in [5.74, 6) is 0.293. The Labute approximate surface area is 96.8 Å². The molecule has 1 aromatic carbocycles. The molecule has 0 aliphatic heterocycles. The van der Waals surface area contributed by atoms with Crippen LogP contribution in [0.25, 0.3) is 0 Å². The molecule has 1 fully saturated rings. The number of phenolic OH excluding ortho intramolecular Hbond substituents is 1. The molecular formula is C11H11N3OS. The first-order chi connectivity index (χ1) is 7.71. The van der Waals surface area contributed by atoms with E-state index in [4.69, 9.17) is 5.73 Å². The monoisotopic (exact) mass is 233 g/mol. The number of nitrogen functional groups attached to an aromatic ring is 1. The highest BCUT2D eigenvalue weighted by Gasteiger charge is 2.49. The predicted molar refractivity (Wildman–Crippen MR) is 62.4 cm³/mol. The third-order valence-electron chi connectivity index (χ3n) is 3.00. The van der Waals surface area contributed by atoms with Gasteiger partial charge in [0.05, 0.1) is 0 Å². The zero-order valence-corrected chi connectivity index (χ0v) is 9.37. The van der Waals surface area contributed by atoms with Gasteiger partial charge in [0.1, 0.15) is 10.8 Å². The van der Waals surface area contributed by atoms with Crippen molar-refractivity contribution in [2.75, 3.05) is 5.73 Å². The van der Waals surface area contributed by atoms with Crippen molar-refractivity contribution < 1.29 is 5.11 Å².